The number of nitrogens with one attached hydrogen (secondary N) is 1. The summed E-state index contributed by atoms with van der Waals surface area (Å²) in [6.45, 7) is 5.81. The van der Waals surface area contributed by atoms with Crippen LogP contribution in [0.25, 0.3) is 10.8 Å². The van der Waals surface area contributed by atoms with Crippen LogP contribution in [0.1, 0.15) is 97.8 Å². The molecule has 8 rings (SSSR count). The number of hydrogen-bond acceptors (Lipinski definition) is 11. The normalized spacial score (nSPS) is 35.6. The van der Waals surface area contributed by atoms with E-state index < -0.39 is 50.1 Å². The van der Waals surface area contributed by atoms with Crippen molar-refractivity contribution in [3.63, 3.8) is 0 Å². The van der Waals surface area contributed by atoms with E-state index in [1.807, 2.05) is 43.3 Å². The van der Waals surface area contributed by atoms with E-state index in [9.17, 15) is 27.6 Å². The minimum Gasteiger partial charge on any atom is -0.479 e. The van der Waals surface area contributed by atoms with Crippen molar-refractivity contribution in [3.8, 4) is 11.8 Å². The lowest BCUT2D eigenvalue weighted by Crippen LogP contribution is -2.48. The molecular weight excluding hydrogens is 737 g/mol. The van der Waals surface area contributed by atoms with Gasteiger partial charge >= 0.3 is 5.97 Å². The first-order valence-corrected chi connectivity index (χ1v) is 21.9. The van der Waals surface area contributed by atoms with Gasteiger partial charge < -0.3 is 19.1 Å². The summed E-state index contributed by atoms with van der Waals surface area (Å²) in [5, 5.41) is 9.84. The zero-order valence-corrected chi connectivity index (χ0v) is 33.6. The van der Waals surface area contributed by atoms with Gasteiger partial charge in [0, 0.05) is 12.8 Å². The number of ether oxygens (including phenoxy) is 3. The fourth-order valence-corrected chi connectivity index (χ4v) is 11.0. The second-order valence-electron chi connectivity index (χ2n) is 18.0. The highest BCUT2D eigenvalue weighted by Crippen LogP contribution is 2.58. The standard InChI is InChI=1S/C42H54N4O9S/c1-24-9-5-6-10-28-21-42(28,40(50)45-56(51,52)41(3)13-14-41)22-35(47)34-19-30(55-38-32-12-8-7-11-31(32)37(53-4)43-44-38)23-46(34)39(49)33(25(2)15-24)20-36(48)54-29-17-26-16-27(26)18-29/h6-8,10-12,24-30,33-34H,5,9,13-23H2,1-4H3,(H,45,50)/b10-6-/t24-,25-,26-,27+,28-,29?,30-,33+,34+,42-/m1/s1. The van der Waals surface area contributed by atoms with Crippen LogP contribution in [0.15, 0.2) is 36.4 Å². The molecule has 14 heteroatoms. The van der Waals surface area contributed by atoms with Crippen LogP contribution in [0.3, 0.4) is 0 Å². The minimum absolute atomic E-state index is 0.0480. The molecule has 3 heterocycles. The Bertz CT molecular complexity index is 2040. The van der Waals surface area contributed by atoms with Crippen LogP contribution in [0.5, 0.6) is 11.8 Å². The van der Waals surface area contributed by atoms with Crippen LogP contribution >= 0.6 is 0 Å². The Morgan fingerprint density at radius 3 is 2.36 bits per heavy atom. The Balaban J connectivity index is 1.10. The van der Waals surface area contributed by atoms with Crippen molar-refractivity contribution in [1.82, 2.24) is 19.8 Å². The molecule has 4 saturated carbocycles. The van der Waals surface area contributed by atoms with Gasteiger partial charge in [-0.05, 0) is 106 Å². The van der Waals surface area contributed by atoms with E-state index in [0.29, 0.717) is 54.2 Å². The molecule has 0 bridgehead atoms. The molecule has 1 aromatic heterocycles. The number of carbonyl (C=O) groups is 4. The predicted molar refractivity (Wildman–Crippen MR) is 206 cm³/mol. The molecule has 6 aliphatic rings. The highest BCUT2D eigenvalue weighted by Gasteiger charge is 2.63. The van der Waals surface area contributed by atoms with Crippen molar-refractivity contribution in [2.45, 2.75) is 121 Å². The van der Waals surface area contributed by atoms with Gasteiger partial charge in [0.25, 0.3) is 0 Å². The molecule has 10 atom stereocenters. The van der Waals surface area contributed by atoms with E-state index in [2.05, 4.69) is 21.8 Å². The number of Topliss-reactive ketones (excluding diaryl/α,β-unsaturated/α-hetero) is 1. The third-order valence-electron chi connectivity index (χ3n) is 13.8. The van der Waals surface area contributed by atoms with Crippen LogP contribution in [-0.2, 0) is 33.9 Å². The first-order chi connectivity index (χ1) is 26.7. The van der Waals surface area contributed by atoms with Gasteiger partial charge in [0.15, 0.2) is 5.78 Å². The van der Waals surface area contributed by atoms with Crippen LogP contribution in [0.4, 0.5) is 0 Å². The number of methoxy groups -OCH3 is 1. The Morgan fingerprint density at radius 2 is 1.66 bits per heavy atom. The van der Waals surface area contributed by atoms with Crippen LogP contribution in [0.2, 0.25) is 0 Å². The summed E-state index contributed by atoms with van der Waals surface area (Å²) in [6.07, 6.45) is 9.42. The average Bonchev–Trinajstić information content (AvgIpc) is 4.12. The summed E-state index contributed by atoms with van der Waals surface area (Å²) in [5.41, 5.74) is -1.26. The average molecular weight is 791 g/mol. The highest BCUT2D eigenvalue weighted by molar-refractivity contribution is 7.91. The Kier molecular flexibility index (Phi) is 10.2. The van der Waals surface area contributed by atoms with E-state index in [-0.39, 0.29) is 67.2 Å². The maximum absolute atomic E-state index is 15.0. The number of carbonyl (C=O) groups excluding carboxylic acids is 4. The molecule has 1 aromatic carbocycles. The molecule has 302 valence electrons. The van der Waals surface area contributed by atoms with Crippen molar-refractivity contribution in [1.29, 1.82) is 0 Å². The molecule has 2 aliphatic heterocycles. The van der Waals surface area contributed by atoms with Crippen molar-refractivity contribution in [3.05, 3.63) is 36.4 Å². The number of allylic oxidation sites excluding steroid dienone is 2. The molecule has 0 spiro atoms. The number of sulfonamides is 1. The molecule has 2 aromatic rings. The number of benzene rings is 1. The Labute approximate surface area is 328 Å². The lowest BCUT2D eigenvalue weighted by molar-refractivity contribution is -0.155. The number of esters is 1. The SMILES string of the molecule is COc1nnc(O[C@@H]2C[C@H]3C(=O)C[C@]4(C(=O)NS(=O)(=O)C5(C)CC5)C[C@H]4/C=C\CC[C@@H](C)C[C@@H](C)[C@H](CC(=O)OC4C[C@@H]5C[C@@H]5C4)C(=O)N3C2)c2ccccc12. The van der Waals surface area contributed by atoms with Crippen molar-refractivity contribution < 1.29 is 41.8 Å². The third-order valence-corrected chi connectivity index (χ3v) is 15.9. The number of hydrogen-bond donors (Lipinski definition) is 1. The first-order valence-electron chi connectivity index (χ1n) is 20.4. The van der Waals surface area contributed by atoms with Gasteiger partial charge in [0.05, 0.1) is 53.0 Å². The second kappa shape index (κ2) is 14.7. The van der Waals surface area contributed by atoms with Gasteiger partial charge in [-0.1, -0.05) is 38.1 Å². The summed E-state index contributed by atoms with van der Waals surface area (Å²) < 4.78 is 45.7. The summed E-state index contributed by atoms with van der Waals surface area (Å²) in [7, 11) is -2.44. The molecule has 1 unspecified atom stereocenters. The third kappa shape index (κ3) is 7.54. The van der Waals surface area contributed by atoms with Crippen molar-refractivity contribution >= 4 is 44.4 Å². The Morgan fingerprint density at radius 1 is 0.964 bits per heavy atom. The van der Waals surface area contributed by atoms with Crippen LogP contribution in [0, 0.1) is 40.9 Å². The molecule has 56 heavy (non-hydrogen) atoms. The predicted octanol–water partition coefficient (Wildman–Crippen LogP) is 5.31. The molecule has 1 N–H and O–H groups in total. The monoisotopic (exact) mass is 790 g/mol. The topological polar surface area (TPSA) is 171 Å². The molecule has 5 fully saturated rings. The van der Waals surface area contributed by atoms with Gasteiger partial charge in [0.2, 0.25) is 33.6 Å². The molecular formula is C42H54N4O9S. The van der Waals surface area contributed by atoms with Crippen LogP contribution < -0.4 is 14.2 Å². The fourth-order valence-electron chi connectivity index (χ4n) is 9.70. The molecule has 2 amide bonds. The summed E-state index contributed by atoms with van der Waals surface area (Å²) in [5.74, 6) is -0.947. The highest BCUT2D eigenvalue weighted by atomic mass is 32.2. The zero-order chi connectivity index (χ0) is 39.6. The van der Waals surface area contributed by atoms with Gasteiger partial charge in [0.1, 0.15) is 12.2 Å². The minimum atomic E-state index is -3.95. The van der Waals surface area contributed by atoms with E-state index in [1.54, 1.807) is 6.92 Å². The second-order valence-corrected chi connectivity index (χ2v) is 20.2. The molecule has 1 saturated heterocycles. The zero-order valence-electron chi connectivity index (χ0n) is 32.8. The van der Waals surface area contributed by atoms with Gasteiger partial charge in [-0.25, -0.2) is 8.42 Å². The number of nitrogens with zero attached hydrogens (tertiary/aromatic N) is 3. The summed E-state index contributed by atoms with van der Waals surface area (Å²) in [4.78, 5) is 58.7. The van der Waals surface area contributed by atoms with Gasteiger partial charge in [-0.15, -0.1) is 10.2 Å². The first kappa shape index (κ1) is 38.8. The number of amides is 2. The smallest absolute Gasteiger partial charge is 0.306 e. The van der Waals surface area contributed by atoms with E-state index in [1.165, 1.54) is 18.4 Å². The molecule has 13 nitrogen and oxygen atoms in total. The van der Waals surface area contributed by atoms with Crippen molar-refractivity contribution in [2.24, 2.45) is 40.9 Å². The fraction of sp³-hybridized carbons (Fsp3) is 0.667. The van der Waals surface area contributed by atoms with E-state index >= 15 is 0 Å². The maximum Gasteiger partial charge on any atom is 0.306 e. The lowest BCUT2D eigenvalue weighted by atomic mass is 9.82. The van der Waals surface area contributed by atoms with Gasteiger partial charge in [-0.2, -0.15) is 0 Å². The number of aromatic nitrogens is 2. The van der Waals surface area contributed by atoms with Crippen LogP contribution in [-0.4, -0.2) is 83.7 Å². The quantitative estimate of drug-likeness (QED) is 0.258. The Hall–Kier alpha value is -4.07. The number of fused-ring (bicyclic) bond motifs is 4. The largest absolute Gasteiger partial charge is 0.479 e. The van der Waals surface area contributed by atoms with Gasteiger partial charge in [-0.3, -0.25) is 23.9 Å². The summed E-state index contributed by atoms with van der Waals surface area (Å²) in [6, 6.07) is 6.40. The lowest BCUT2D eigenvalue weighted by Gasteiger charge is -2.32. The van der Waals surface area contributed by atoms with E-state index in [0.717, 1.165) is 25.7 Å². The number of rotatable bonds is 9. The maximum atomic E-state index is 15.0. The van der Waals surface area contributed by atoms with Crippen molar-refractivity contribution in [2.75, 3.05) is 13.7 Å². The number of ketones is 1. The molecule has 4 aliphatic carbocycles. The van der Waals surface area contributed by atoms with E-state index in [4.69, 9.17) is 14.2 Å². The molecule has 0 radical (unpaired) electrons. The summed E-state index contributed by atoms with van der Waals surface area (Å²) >= 11 is 0.